The maximum atomic E-state index is 12.5. The lowest BCUT2D eigenvalue weighted by Crippen LogP contribution is -2.47. The van der Waals surface area contributed by atoms with E-state index in [0.717, 1.165) is 17.1 Å². The maximum absolute atomic E-state index is 12.5. The van der Waals surface area contributed by atoms with Crippen molar-refractivity contribution in [3.05, 3.63) is 60.2 Å². The summed E-state index contributed by atoms with van der Waals surface area (Å²) >= 11 is 0. The largest absolute Gasteiger partial charge is 0.497 e. The lowest BCUT2D eigenvalue weighted by atomic mass is 10.2. The first kappa shape index (κ1) is 23.4. The molecule has 1 heterocycles. The van der Waals surface area contributed by atoms with Gasteiger partial charge < -0.3 is 29.2 Å². The van der Waals surface area contributed by atoms with Crippen LogP contribution in [0.2, 0.25) is 0 Å². The van der Waals surface area contributed by atoms with E-state index in [-0.39, 0.29) is 18.6 Å². The summed E-state index contributed by atoms with van der Waals surface area (Å²) in [4.78, 5) is 26.1. The third kappa shape index (κ3) is 7.77. The van der Waals surface area contributed by atoms with E-state index in [9.17, 15) is 9.59 Å². The average Bonchev–Trinajstić information content (AvgIpc) is 2.85. The molecule has 0 aromatic heterocycles. The predicted molar refractivity (Wildman–Crippen MR) is 119 cm³/mol. The number of nitrogens with one attached hydrogen (secondary N) is 1. The zero-order valence-corrected chi connectivity index (χ0v) is 18.3. The van der Waals surface area contributed by atoms with Gasteiger partial charge in [0, 0.05) is 19.5 Å². The van der Waals surface area contributed by atoms with Gasteiger partial charge in [-0.2, -0.15) is 0 Å². The topological polar surface area (TPSA) is 86.3 Å². The minimum absolute atomic E-state index is 0.0437. The summed E-state index contributed by atoms with van der Waals surface area (Å²) in [7, 11) is 1.62. The molecule has 0 saturated carbocycles. The summed E-state index contributed by atoms with van der Waals surface area (Å²) in [5, 5.41) is 2.68. The Morgan fingerprint density at radius 3 is 2.59 bits per heavy atom. The first-order valence-corrected chi connectivity index (χ1v) is 10.7. The Bertz CT molecular complexity index is 843. The molecule has 8 heteroatoms. The summed E-state index contributed by atoms with van der Waals surface area (Å²) in [6.45, 7) is 2.50. The first-order valence-electron chi connectivity index (χ1n) is 10.7. The highest BCUT2D eigenvalue weighted by molar-refractivity contribution is 5.76. The average molecular weight is 443 g/mol. The third-order valence-corrected chi connectivity index (χ3v) is 5.04. The molecule has 1 aliphatic heterocycles. The Hall–Kier alpha value is -3.26. The van der Waals surface area contributed by atoms with Crippen LogP contribution >= 0.6 is 0 Å². The summed E-state index contributed by atoms with van der Waals surface area (Å²) in [6, 6.07) is 16.8. The molecular weight excluding hydrogens is 412 g/mol. The molecule has 0 spiro atoms. The number of morpholine rings is 1. The summed E-state index contributed by atoms with van der Waals surface area (Å²) in [6.07, 6.45) is 0.235. The molecule has 0 radical (unpaired) electrons. The van der Waals surface area contributed by atoms with Gasteiger partial charge in [-0.15, -0.1) is 0 Å². The van der Waals surface area contributed by atoms with Crippen LogP contribution in [0.25, 0.3) is 0 Å². The highest BCUT2D eigenvalue weighted by atomic mass is 16.5. The van der Waals surface area contributed by atoms with Crippen LogP contribution in [0.1, 0.15) is 18.4 Å². The van der Waals surface area contributed by atoms with E-state index in [1.807, 2.05) is 54.6 Å². The number of hydrogen-bond donors (Lipinski definition) is 1. The molecule has 32 heavy (non-hydrogen) atoms. The molecule has 3 rings (SSSR count). The Balaban J connectivity index is 1.30. The van der Waals surface area contributed by atoms with Crippen molar-refractivity contribution in [2.24, 2.45) is 0 Å². The second kappa shape index (κ2) is 12.6. The first-order chi connectivity index (χ1) is 15.6. The number of carbonyl (C=O) groups is 2. The van der Waals surface area contributed by atoms with Crippen LogP contribution in [0.15, 0.2) is 54.6 Å². The highest BCUT2D eigenvalue weighted by Gasteiger charge is 2.24. The van der Waals surface area contributed by atoms with E-state index in [0.29, 0.717) is 45.7 Å². The summed E-state index contributed by atoms with van der Waals surface area (Å²) in [5.41, 5.74) is 0.927. The third-order valence-electron chi connectivity index (χ3n) is 5.04. The van der Waals surface area contributed by atoms with Gasteiger partial charge in [-0.3, -0.25) is 4.79 Å². The lowest BCUT2D eigenvalue weighted by molar-refractivity contribution is -0.140. The minimum Gasteiger partial charge on any atom is -0.497 e. The number of alkyl carbamates (subject to hydrolysis) is 1. The van der Waals surface area contributed by atoms with Gasteiger partial charge in [0.25, 0.3) is 0 Å². The van der Waals surface area contributed by atoms with E-state index in [1.165, 1.54) is 0 Å². The number of carbonyl (C=O) groups excluding carboxylic acids is 2. The zero-order valence-electron chi connectivity index (χ0n) is 18.3. The van der Waals surface area contributed by atoms with Crippen LogP contribution in [-0.2, 0) is 20.9 Å². The second-order valence-corrected chi connectivity index (χ2v) is 7.41. The van der Waals surface area contributed by atoms with Crippen molar-refractivity contribution < 1.29 is 28.5 Å². The van der Waals surface area contributed by atoms with Crippen molar-refractivity contribution in [2.75, 3.05) is 40.0 Å². The number of nitrogens with zero attached hydrogens (tertiary/aromatic N) is 1. The van der Waals surface area contributed by atoms with E-state index in [1.54, 1.807) is 12.0 Å². The van der Waals surface area contributed by atoms with Crippen LogP contribution in [0, 0.1) is 0 Å². The number of methoxy groups -OCH3 is 1. The molecule has 0 bridgehead atoms. The van der Waals surface area contributed by atoms with Crippen LogP contribution in [0.5, 0.6) is 11.5 Å². The van der Waals surface area contributed by atoms with Gasteiger partial charge >= 0.3 is 6.09 Å². The monoisotopic (exact) mass is 442 g/mol. The van der Waals surface area contributed by atoms with E-state index in [4.69, 9.17) is 18.9 Å². The number of rotatable bonds is 10. The number of benzene rings is 2. The van der Waals surface area contributed by atoms with E-state index >= 15 is 0 Å². The molecule has 8 nitrogen and oxygen atoms in total. The molecule has 172 valence electrons. The van der Waals surface area contributed by atoms with Crippen molar-refractivity contribution >= 4 is 12.0 Å². The summed E-state index contributed by atoms with van der Waals surface area (Å²) in [5.74, 6) is 1.53. The highest BCUT2D eigenvalue weighted by Crippen LogP contribution is 2.18. The van der Waals surface area contributed by atoms with Crippen LogP contribution in [0.4, 0.5) is 4.79 Å². The van der Waals surface area contributed by atoms with Gasteiger partial charge in [-0.1, -0.05) is 30.3 Å². The fourth-order valence-electron chi connectivity index (χ4n) is 3.27. The standard InChI is InChI=1S/C24H30N2O6/c1-29-20-9-11-21(12-10-20)31-18-22-16-26(14-15-30-22)23(27)8-5-13-25-24(28)32-17-19-6-3-2-4-7-19/h2-4,6-7,9-12,22H,5,8,13-18H2,1H3,(H,25,28). The van der Waals surface area contributed by atoms with Gasteiger partial charge in [0.05, 0.1) is 20.3 Å². The molecule has 1 atom stereocenters. The quantitative estimate of drug-likeness (QED) is 0.570. The van der Waals surface area contributed by atoms with Crippen molar-refractivity contribution in [2.45, 2.75) is 25.6 Å². The van der Waals surface area contributed by atoms with Crippen molar-refractivity contribution in [1.82, 2.24) is 10.2 Å². The molecule has 1 unspecified atom stereocenters. The predicted octanol–water partition coefficient (Wildman–Crippen LogP) is 3.01. The van der Waals surface area contributed by atoms with Crippen LogP contribution in [0.3, 0.4) is 0 Å². The molecular formula is C24H30N2O6. The maximum Gasteiger partial charge on any atom is 0.407 e. The molecule has 2 aromatic rings. The Labute approximate surface area is 188 Å². The normalized spacial score (nSPS) is 15.7. The number of ether oxygens (including phenoxy) is 4. The molecule has 0 aliphatic carbocycles. The number of hydrogen-bond acceptors (Lipinski definition) is 6. The molecule has 1 fully saturated rings. The SMILES string of the molecule is COc1ccc(OCC2CN(C(=O)CCCNC(=O)OCc3ccccc3)CCO2)cc1. The second-order valence-electron chi connectivity index (χ2n) is 7.41. The van der Waals surface area contributed by atoms with Gasteiger partial charge in [0.1, 0.15) is 30.8 Å². The van der Waals surface area contributed by atoms with Crippen LogP contribution in [-0.4, -0.2) is 63.0 Å². The van der Waals surface area contributed by atoms with Gasteiger partial charge in [0.15, 0.2) is 0 Å². The smallest absolute Gasteiger partial charge is 0.407 e. The van der Waals surface area contributed by atoms with E-state index < -0.39 is 6.09 Å². The Kier molecular flexibility index (Phi) is 9.19. The number of amides is 2. The molecule has 1 N–H and O–H groups in total. The molecule has 1 aliphatic rings. The van der Waals surface area contributed by atoms with Gasteiger partial charge in [0.2, 0.25) is 5.91 Å². The Morgan fingerprint density at radius 1 is 1.09 bits per heavy atom. The van der Waals surface area contributed by atoms with Crippen molar-refractivity contribution in [3.8, 4) is 11.5 Å². The minimum atomic E-state index is -0.483. The fourth-order valence-corrected chi connectivity index (χ4v) is 3.27. The van der Waals surface area contributed by atoms with Gasteiger partial charge in [-0.25, -0.2) is 4.79 Å². The fraction of sp³-hybridized carbons (Fsp3) is 0.417. The lowest BCUT2D eigenvalue weighted by Gasteiger charge is -2.33. The zero-order chi connectivity index (χ0) is 22.6. The molecule has 2 aromatic carbocycles. The van der Waals surface area contributed by atoms with Gasteiger partial charge in [-0.05, 0) is 36.2 Å². The Morgan fingerprint density at radius 2 is 1.84 bits per heavy atom. The van der Waals surface area contributed by atoms with Crippen molar-refractivity contribution in [3.63, 3.8) is 0 Å². The molecule has 1 saturated heterocycles. The molecule has 2 amide bonds. The summed E-state index contributed by atoms with van der Waals surface area (Å²) < 4.78 is 21.8. The van der Waals surface area contributed by atoms with Crippen molar-refractivity contribution in [1.29, 1.82) is 0 Å². The van der Waals surface area contributed by atoms with Crippen LogP contribution < -0.4 is 14.8 Å². The van der Waals surface area contributed by atoms with E-state index in [2.05, 4.69) is 5.32 Å².